The molecule has 0 aliphatic carbocycles. The molecule has 0 radical (unpaired) electrons. The first-order chi connectivity index (χ1) is 11.3. The van der Waals surface area contributed by atoms with Crippen molar-refractivity contribution in [1.29, 1.82) is 0 Å². The third-order valence-electron chi connectivity index (χ3n) is 4.14. The molecule has 0 saturated heterocycles. The fourth-order valence-corrected chi connectivity index (χ4v) is 2.59. The number of aryl methyl sites for hydroxylation is 2. The second kappa shape index (κ2) is 5.83. The number of amides is 2. The predicted octanol–water partition coefficient (Wildman–Crippen LogP) is 3.69. The molecule has 1 unspecified atom stereocenters. The van der Waals surface area contributed by atoms with Crippen molar-refractivity contribution in [3.05, 3.63) is 52.5 Å². The van der Waals surface area contributed by atoms with E-state index in [-0.39, 0.29) is 0 Å². The van der Waals surface area contributed by atoms with Gasteiger partial charge in [-0.3, -0.25) is 9.59 Å². The topological polar surface area (TPSA) is 67.4 Å². The lowest BCUT2D eigenvalue weighted by Crippen LogP contribution is -2.56. The minimum absolute atomic E-state index is 0.400. The molecule has 0 bridgehead atoms. The summed E-state index contributed by atoms with van der Waals surface area (Å²) in [4.78, 5) is 25.1. The van der Waals surface area contributed by atoms with Gasteiger partial charge >= 0.3 is 0 Å². The van der Waals surface area contributed by atoms with E-state index in [1.807, 2.05) is 26.0 Å². The summed E-state index contributed by atoms with van der Waals surface area (Å²) < 4.78 is 5.69. The van der Waals surface area contributed by atoms with Crippen molar-refractivity contribution >= 4 is 34.8 Å². The molecule has 2 aromatic carbocycles. The van der Waals surface area contributed by atoms with Crippen molar-refractivity contribution in [1.82, 2.24) is 0 Å². The Labute approximate surface area is 145 Å². The summed E-state index contributed by atoms with van der Waals surface area (Å²) >= 11 is 5.91. The maximum Gasteiger partial charge on any atom is 0.278 e. The molecule has 2 aromatic rings. The highest BCUT2D eigenvalue weighted by Gasteiger charge is 2.47. The Bertz CT molecular complexity index is 850. The lowest BCUT2D eigenvalue weighted by molar-refractivity contribution is -0.143. The van der Waals surface area contributed by atoms with Gasteiger partial charge in [0.15, 0.2) is 0 Å². The van der Waals surface area contributed by atoms with Crippen LogP contribution in [0.1, 0.15) is 18.1 Å². The molecule has 2 N–H and O–H groups in total. The molecule has 0 saturated carbocycles. The van der Waals surface area contributed by atoms with Crippen LogP contribution in [0, 0.1) is 13.8 Å². The normalized spacial score (nSPS) is 19.1. The highest BCUT2D eigenvalue weighted by molar-refractivity contribution is 6.31. The fourth-order valence-electron chi connectivity index (χ4n) is 2.42. The number of hydrogen-bond acceptors (Lipinski definition) is 3. The first kappa shape index (κ1) is 16.3. The van der Waals surface area contributed by atoms with E-state index in [4.69, 9.17) is 16.3 Å². The smallest absolute Gasteiger partial charge is 0.278 e. The maximum atomic E-state index is 12.6. The molecule has 0 fully saturated rings. The SMILES string of the molecule is Cc1ccc(NC(=O)C2(C)Oc3ccc(Cl)cc3NC2=O)cc1C. The van der Waals surface area contributed by atoms with Gasteiger partial charge in [-0.15, -0.1) is 0 Å². The molecule has 3 rings (SSSR count). The minimum atomic E-state index is -1.67. The van der Waals surface area contributed by atoms with Crippen molar-refractivity contribution in [2.45, 2.75) is 26.4 Å². The molecule has 1 aliphatic rings. The van der Waals surface area contributed by atoms with Crippen LogP contribution in [0.2, 0.25) is 5.02 Å². The molecule has 1 aliphatic heterocycles. The van der Waals surface area contributed by atoms with E-state index in [2.05, 4.69) is 10.6 Å². The number of halogens is 1. The molecule has 6 heteroatoms. The average molecular weight is 345 g/mol. The predicted molar refractivity (Wildman–Crippen MR) is 93.7 cm³/mol. The second-order valence-electron chi connectivity index (χ2n) is 5.98. The van der Waals surface area contributed by atoms with Gasteiger partial charge in [-0.1, -0.05) is 17.7 Å². The zero-order chi connectivity index (χ0) is 17.5. The van der Waals surface area contributed by atoms with Gasteiger partial charge in [0.1, 0.15) is 5.75 Å². The van der Waals surface area contributed by atoms with Gasteiger partial charge in [0, 0.05) is 10.7 Å². The molecule has 1 heterocycles. The lowest BCUT2D eigenvalue weighted by atomic mass is 10.0. The molecule has 24 heavy (non-hydrogen) atoms. The van der Waals surface area contributed by atoms with Gasteiger partial charge in [0.2, 0.25) is 0 Å². The van der Waals surface area contributed by atoms with Crippen molar-refractivity contribution in [3.8, 4) is 5.75 Å². The van der Waals surface area contributed by atoms with Crippen molar-refractivity contribution in [3.63, 3.8) is 0 Å². The fraction of sp³-hybridized carbons (Fsp3) is 0.222. The molecule has 124 valence electrons. The Hall–Kier alpha value is -2.53. The zero-order valence-corrected chi connectivity index (χ0v) is 14.3. The molecular formula is C18H17ClN2O3. The van der Waals surface area contributed by atoms with E-state index in [0.29, 0.717) is 22.1 Å². The maximum absolute atomic E-state index is 12.6. The van der Waals surface area contributed by atoms with Crippen LogP contribution in [0.3, 0.4) is 0 Å². The number of rotatable bonds is 2. The average Bonchev–Trinajstić information content (AvgIpc) is 2.52. The number of anilines is 2. The molecule has 1 atom stereocenters. The van der Waals surface area contributed by atoms with Gasteiger partial charge in [0.05, 0.1) is 5.69 Å². The summed E-state index contributed by atoms with van der Waals surface area (Å²) in [6.45, 7) is 5.38. The summed E-state index contributed by atoms with van der Waals surface area (Å²) in [6, 6.07) is 10.4. The highest BCUT2D eigenvalue weighted by atomic mass is 35.5. The van der Waals surface area contributed by atoms with Crippen molar-refractivity contribution in [2.24, 2.45) is 0 Å². The number of nitrogens with one attached hydrogen (secondary N) is 2. The summed E-state index contributed by atoms with van der Waals surface area (Å²) in [5.74, 6) is -0.681. The lowest BCUT2D eigenvalue weighted by Gasteiger charge is -2.33. The van der Waals surface area contributed by atoms with Gasteiger partial charge in [0.25, 0.3) is 17.4 Å². The molecule has 0 aromatic heterocycles. The monoisotopic (exact) mass is 344 g/mol. The summed E-state index contributed by atoms with van der Waals surface area (Å²) in [7, 11) is 0. The van der Waals surface area contributed by atoms with E-state index >= 15 is 0 Å². The van der Waals surface area contributed by atoms with E-state index in [0.717, 1.165) is 11.1 Å². The van der Waals surface area contributed by atoms with E-state index in [1.54, 1.807) is 24.3 Å². The number of ether oxygens (including phenoxy) is 1. The quantitative estimate of drug-likeness (QED) is 0.816. The van der Waals surface area contributed by atoms with Crippen LogP contribution in [0.4, 0.5) is 11.4 Å². The van der Waals surface area contributed by atoms with Crippen LogP contribution >= 0.6 is 11.6 Å². The van der Waals surface area contributed by atoms with Crippen LogP contribution in [-0.2, 0) is 9.59 Å². The molecular weight excluding hydrogens is 328 g/mol. The van der Waals surface area contributed by atoms with Gasteiger partial charge in [-0.25, -0.2) is 0 Å². The van der Waals surface area contributed by atoms with Crippen LogP contribution in [0.5, 0.6) is 5.75 Å². The van der Waals surface area contributed by atoms with E-state index in [9.17, 15) is 9.59 Å². The number of benzene rings is 2. The van der Waals surface area contributed by atoms with Gasteiger partial charge in [-0.2, -0.15) is 0 Å². The summed E-state index contributed by atoms with van der Waals surface area (Å²) in [6.07, 6.45) is 0. The van der Waals surface area contributed by atoms with E-state index in [1.165, 1.54) is 6.92 Å². The largest absolute Gasteiger partial charge is 0.466 e. The summed E-state index contributed by atoms with van der Waals surface area (Å²) in [5, 5.41) is 5.88. The van der Waals surface area contributed by atoms with Gasteiger partial charge < -0.3 is 15.4 Å². The van der Waals surface area contributed by atoms with Crippen LogP contribution in [0.25, 0.3) is 0 Å². The Kier molecular flexibility index (Phi) is 3.97. The second-order valence-corrected chi connectivity index (χ2v) is 6.42. The Morgan fingerprint density at radius 2 is 1.92 bits per heavy atom. The number of carbonyl (C=O) groups excluding carboxylic acids is 2. The Balaban J connectivity index is 1.87. The van der Waals surface area contributed by atoms with Crippen molar-refractivity contribution < 1.29 is 14.3 Å². The number of hydrogen-bond donors (Lipinski definition) is 2. The minimum Gasteiger partial charge on any atom is -0.466 e. The van der Waals surface area contributed by atoms with Crippen molar-refractivity contribution in [2.75, 3.05) is 10.6 Å². The molecule has 0 spiro atoms. The van der Waals surface area contributed by atoms with Crippen LogP contribution in [-0.4, -0.2) is 17.4 Å². The Morgan fingerprint density at radius 1 is 1.17 bits per heavy atom. The summed E-state index contributed by atoms with van der Waals surface area (Å²) in [5.41, 5.74) is 1.56. The van der Waals surface area contributed by atoms with Crippen LogP contribution in [0.15, 0.2) is 36.4 Å². The standard InChI is InChI=1S/C18H17ClN2O3/c1-10-4-6-13(8-11(10)2)20-16(22)18(3)17(23)21-14-9-12(19)5-7-15(14)24-18/h4-9H,1-3H3,(H,20,22)(H,21,23). The highest BCUT2D eigenvalue weighted by Crippen LogP contribution is 2.36. The first-order valence-electron chi connectivity index (χ1n) is 7.48. The molecule has 5 nitrogen and oxygen atoms in total. The first-order valence-corrected chi connectivity index (χ1v) is 7.86. The van der Waals surface area contributed by atoms with Crippen LogP contribution < -0.4 is 15.4 Å². The van der Waals surface area contributed by atoms with Gasteiger partial charge in [-0.05, 0) is 62.2 Å². The number of carbonyl (C=O) groups is 2. The third kappa shape index (κ3) is 2.83. The van der Waals surface area contributed by atoms with E-state index < -0.39 is 17.4 Å². The molecule has 2 amide bonds. The third-order valence-corrected chi connectivity index (χ3v) is 4.37. The zero-order valence-electron chi connectivity index (χ0n) is 13.6. The number of fused-ring (bicyclic) bond motifs is 1. The Morgan fingerprint density at radius 3 is 2.62 bits per heavy atom.